The molecule has 1 aliphatic heterocycles. The molecule has 0 radical (unpaired) electrons. The van der Waals surface area contributed by atoms with Crippen molar-refractivity contribution in [1.29, 1.82) is 0 Å². The monoisotopic (exact) mass is 265 g/mol. The van der Waals surface area contributed by atoms with Crippen LogP contribution in [0.25, 0.3) is 0 Å². The van der Waals surface area contributed by atoms with Gasteiger partial charge in [0, 0.05) is 32.0 Å². The molecule has 18 heavy (non-hydrogen) atoms. The van der Waals surface area contributed by atoms with Crippen molar-refractivity contribution in [1.82, 2.24) is 14.9 Å². The normalized spacial score (nSPS) is 20.7. The van der Waals surface area contributed by atoms with E-state index in [9.17, 15) is 0 Å². The predicted octanol–water partition coefficient (Wildman–Crippen LogP) is 0.641. The standard InChI is InChI=1S/C12H19N5S/c1-16-7-3-4-9(8-16)17(2)12-10(11(13)18)14-5-6-15-12/h5-6,9H,3-4,7-8H2,1-2H3,(H2,13,18). The number of piperidine rings is 1. The van der Waals surface area contributed by atoms with Crippen molar-refractivity contribution in [3.05, 3.63) is 18.1 Å². The Hall–Kier alpha value is -1.27. The fourth-order valence-electron chi connectivity index (χ4n) is 2.39. The Morgan fingerprint density at radius 3 is 2.89 bits per heavy atom. The Morgan fingerprint density at radius 1 is 1.50 bits per heavy atom. The molecule has 2 rings (SSSR count). The van der Waals surface area contributed by atoms with Gasteiger partial charge in [-0.05, 0) is 26.4 Å². The Morgan fingerprint density at radius 2 is 2.22 bits per heavy atom. The molecule has 2 N–H and O–H groups in total. The molecule has 2 heterocycles. The van der Waals surface area contributed by atoms with Crippen molar-refractivity contribution in [3.8, 4) is 0 Å². The first-order valence-electron chi connectivity index (χ1n) is 6.11. The third-order valence-corrected chi connectivity index (χ3v) is 3.59. The van der Waals surface area contributed by atoms with E-state index >= 15 is 0 Å². The summed E-state index contributed by atoms with van der Waals surface area (Å²) in [5.41, 5.74) is 6.32. The molecule has 1 atom stereocenters. The van der Waals surface area contributed by atoms with Crippen LogP contribution in [0.2, 0.25) is 0 Å². The van der Waals surface area contributed by atoms with E-state index in [0.717, 1.165) is 25.3 Å². The highest BCUT2D eigenvalue weighted by molar-refractivity contribution is 7.80. The number of hydrogen-bond donors (Lipinski definition) is 1. The van der Waals surface area contributed by atoms with Gasteiger partial charge in [-0.1, -0.05) is 12.2 Å². The van der Waals surface area contributed by atoms with Gasteiger partial charge in [-0.15, -0.1) is 0 Å². The number of likely N-dealkylation sites (N-methyl/N-ethyl adjacent to an activating group) is 2. The molecular formula is C12H19N5S. The first-order valence-corrected chi connectivity index (χ1v) is 6.52. The van der Waals surface area contributed by atoms with Crippen molar-refractivity contribution in [2.75, 3.05) is 32.1 Å². The summed E-state index contributed by atoms with van der Waals surface area (Å²) < 4.78 is 0. The van der Waals surface area contributed by atoms with Crippen LogP contribution in [0.15, 0.2) is 12.4 Å². The molecule has 0 amide bonds. The zero-order chi connectivity index (χ0) is 13.1. The smallest absolute Gasteiger partial charge is 0.157 e. The highest BCUT2D eigenvalue weighted by Crippen LogP contribution is 2.21. The predicted molar refractivity (Wildman–Crippen MR) is 76.8 cm³/mol. The molecule has 6 heteroatoms. The lowest BCUT2D eigenvalue weighted by Gasteiger charge is -2.36. The second kappa shape index (κ2) is 5.58. The maximum atomic E-state index is 5.70. The van der Waals surface area contributed by atoms with Crippen molar-refractivity contribution >= 4 is 23.0 Å². The first kappa shape index (κ1) is 13.2. The molecule has 0 aliphatic carbocycles. The molecule has 1 saturated heterocycles. The van der Waals surface area contributed by atoms with E-state index in [0.29, 0.717) is 16.7 Å². The Labute approximate surface area is 113 Å². The third-order valence-electron chi connectivity index (χ3n) is 3.39. The highest BCUT2D eigenvalue weighted by Gasteiger charge is 2.24. The van der Waals surface area contributed by atoms with Crippen molar-refractivity contribution in [3.63, 3.8) is 0 Å². The molecule has 0 spiro atoms. The zero-order valence-corrected chi connectivity index (χ0v) is 11.7. The molecule has 98 valence electrons. The molecule has 1 fully saturated rings. The Bertz CT molecular complexity index is 436. The number of rotatable bonds is 3. The van der Waals surface area contributed by atoms with Crippen molar-refractivity contribution in [2.45, 2.75) is 18.9 Å². The number of nitrogens with two attached hydrogens (primary N) is 1. The average Bonchev–Trinajstić information content (AvgIpc) is 2.38. The first-order chi connectivity index (χ1) is 8.59. The van der Waals surface area contributed by atoms with Crippen molar-refractivity contribution < 1.29 is 0 Å². The molecule has 1 aromatic rings. The second-order valence-electron chi connectivity index (χ2n) is 4.76. The molecular weight excluding hydrogens is 246 g/mol. The quantitative estimate of drug-likeness (QED) is 0.810. The van der Waals surface area contributed by atoms with Crippen LogP contribution in [0.5, 0.6) is 0 Å². The van der Waals surface area contributed by atoms with Crippen LogP contribution < -0.4 is 10.6 Å². The number of aromatic nitrogens is 2. The minimum atomic E-state index is 0.300. The van der Waals surface area contributed by atoms with Crippen LogP contribution in [0.3, 0.4) is 0 Å². The number of thiocarbonyl (C=S) groups is 1. The van der Waals surface area contributed by atoms with Crippen LogP contribution in [0, 0.1) is 0 Å². The number of nitrogens with zero attached hydrogens (tertiary/aromatic N) is 4. The third kappa shape index (κ3) is 2.76. The van der Waals surface area contributed by atoms with E-state index in [-0.39, 0.29) is 0 Å². The maximum absolute atomic E-state index is 5.70. The fourth-order valence-corrected chi connectivity index (χ4v) is 2.53. The molecule has 0 bridgehead atoms. The fraction of sp³-hybridized carbons (Fsp3) is 0.583. The van der Waals surface area contributed by atoms with Gasteiger partial charge in [0.05, 0.1) is 0 Å². The lowest BCUT2D eigenvalue weighted by atomic mass is 10.0. The average molecular weight is 265 g/mol. The number of anilines is 1. The lowest BCUT2D eigenvalue weighted by Crippen LogP contribution is -2.46. The molecule has 1 aliphatic rings. The summed E-state index contributed by atoms with van der Waals surface area (Å²) in [6, 6.07) is 0.438. The van der Waals surface area contributed by atoms with Gasteiger partial charge in [0.25, 0.3) is 0 Å². The summed E-state index contributed by atoms with van der Waals surface area (Å²) in [6.45, 7) is 2.19. The van der Waals surface area contributed by atoms with E-state index in [1.807, 2.05) is 7.05 Å². The van der Waals surface area contributed by atoms with Gasteiger partial charge in [-0.3, -0.25) is 0 Å². The van der Waals surface area contributed by atoms with E-state index in [1.54, 1.807) is 12.4 Å². The Balaban J connectivity index is 2.22. The van der Waals surface area contributed by atoms with E-state index < -0.39 is 0 Å². The maximum Gasteiger partial charge on any atom is 0.157 e. The van der Waals surface area contributed by atoms with Crippen LogP contribution in [-0.4, -0.2) is 53.1 Å². The topological polar surface area (TPSA) is 58.3 Å². The van der Waals surface area contributed by atoms with E-state index in [4.69, 9.17) is 18.0 Å². The van der Waals surface area contributed by atoms with E-state index in [2.05, 4.69) is 26.8 Å². The second-order valence-corrected chi connectivity index (χ2v) is 5.20. The molecule has 1 aromatic heterocycles. The molecule has 0 saturated carbocycles. The molecule has 5 nitrogen and oxygen atoms in total. The summed E-state index contributed by atoms with van der Waals surface area (Å²) in [5, 5.41) is 0. The van der Waals surface area contributed by atoms with E-state index in [1.165, 1.54) is 6.42 Å². The van der Waals surface area contributed by atoms with Crippen LogP contribution in [0.4, 0.5) is 5.82 Å². The highest BCUT2D eigenvalue weighted by atomic mass is 32.1. The number of hydrogen-bond acceptors (Lipinski definition) is 5. The van der Waals surface area contributed by atoms with Crippen LogP contribution >= 0.6 is 12.2 Å². The lowest BCUT2D eigenvalue weighted by molar-refractivity contribution is 0.247. The summed E-state index contributed by atoms with van der Waals surface area (Å²) in [7, 11) is 4.18. The molecule has 1 unspecified atom stereocenters. The SMILES string of the molecule is CN1CCCC(N(C)c2nccnc2C(N)=S)C1. The van der Waals surface area contributed by atoms with Crippen LogP contribution in [-0.2, 0) is 0 Å². The van der Waals surface area contributed by atoms with Crippen molar-refractivity contribution in [2.24, 2.45) is 5.73 Å². The van der Waals surface area contributed by atoms with Gasteiger partial charge in [0.1, 0.15) is 10.7 Å². The van der Waals surface area contributed by atoms with Gasteiger partial charge in [-0.2, -0.15) is 0 Å². The van der Waals surface area contributed by atoms with Crippen LogP contribution in [0.1, 0.15) is 18.5 Å². The minimum Gasteiger partial charge on any atom is -0.388 e. The van der Waals surface area contributed by atoms with Gasteiger partial charge < -0.3 is 15.5 Å². The molecule has 0 aromatic carbocycles. The van der Waals surface area contributed by atoms with Gasteiger partial charge in [0.15, 0.2) is 5.82 Å². The Kier molecular flexibility index (Phi) is 4.08. The summed E-state index contributed by atoms with van der Waals surface area (Å²) >= 11 is 5.03. The summed E-state index contributed by atoms with van der Waals surface area (Å²) in [6.07, 6.45) is 5.67. The van der Waals surface area contributed by atoms with Gasteiger partial charge in [-0.25, -0.2) is 9.97 Å². The zero-order valence-electron chi connectivity index (χ0n) is 10.8. The largest absolute Gasteiger partial charge is 0.388 e. The number of likely N-dealkylation sites (tertiary alicyclic amines) is 1. The summed E-state index contributed by atoms with van der Waals surface area (Å²) in [4.78, 5) is 13.4. The minimum absolute atomic E-state index is 0.300. The van der Waals surface area contributed by atoms with Gasteiger partial charge >= 0.3 is 0 Å². The van der Waals surface area contributed by atoms with Gasteiger partial charge in [0.2, 0.25) is 0 Å². The summed E-state index contributed by atoms with van der Waals surface area (Å²) in [5.74, 6) is 0.783.